The Kier molecular flexibility index (Phi) is 9.14. The zero-order valence-electron chi connectivity index (χ0n) is 18.2. The molecule has 2 aromatic rings. The Balaban J connectivity index is 1.54. The Morgan fingerprint density at radius 1 is 0.833 bits per heavy atom. The Bertz CT molecular complexity index is 782. The lowest BCUT2D eigenvalue weighted by Crippen LogP contribution is -2.24. The Morgan fingerprint density at radius 2 is 1.50 bits per heavy atom. The van der Waals surface area contributed by atoms with Gasteiger partial charge in [0, 0.05) is 12.3 Å². The molecule has 1 aliphatic rings. The molecule has 1 aliphatic carbocycles. The molecular weight excluding hydrogens is 368 g/mol. The van der Waals surface area contributed by atoms with Gasteiger partial charge in [0.2, 0.25) is 5.91 Å². The van der Waals surface area contributed by atoms with Gasteiger partial charge >= 0.3 is 0 Å². The molecular formula is C27H36N2O. The topological polar surface area (TPSA) is 53.0 Å². The molecule has 160 valence electrons. The fourth-order valence-electron chi connectivity index (χ4n) is 4.35. The largest absolute Gasteiger partial charge is 0.352 e. The second-order valence-electron chi connectivity index (χ2n) is 8.70. The summed E-state index contributed by atoms with van der Waals surface area (Å²) in [6.45, 7) is 0.571. The van der Waals surface area contributed by atoms with Crippen LogP contribution < -0.4 is 5.32 Å². The van der Waals surface area contributed by atoms with E-state index in [4.69, 9.17) is 5.41 Å². The zero-order valence-corrected chi connectivity index (χ0v) is 18.2. The molecule has 2 aromatic carbocycles. The van der Waals surface area contributed by atoms with E-state index in [1.54, 1.807) is 0 Å². The Morgan fingerprint density at radius 3 is 2.23 bits per heavy atom. The summed E-state index contributed by atoms with van der Waals surface area (Å²) in [5, 5.41) is 11.4. The molecule has 0 saturated heterocycles. The third-order valence-electron chi connectivity index (χ3n) is 6.17. The van der Waals surface area contributed by atoms with Crippen LogP contribution >= 0.6 is 0 Å². The molecule has 0 radical (unpaired) electrons. The number of hydrogen-bond donors (Lipinski definition) is 2. The normalized spacial score (nSPS) is 18.8. The summed E-state index contributed by atoms with van der Waals surface area (Å²) >= 11 is 0. The van der Waals surface area contributed by atoms with Crippen LogP contribution in [0.1, 0.15) is 86.8 Å². The summed E-state index contributed by atoms with van der Waals surface area (Å²) < 4.78 is 0. The molecule has 0 heterocycles. The van der Waals surface area contributed by atoms with Gasteiger partial charge in [0.05, 0.1) is 6.42 Å². The van der Waals surface area contributed by atoms with Crippen LogP contribution in [0.25, 0.3) is 0 Å². The number of carbonyl (C=O) groups is 1. The molecule has 1 fully saturated rings. The van der Waals surface area contributed by atoms with Crippen molar-refractivity contribution in [3.05, 3.63) is 71.3 Å². The number of nitrogens with one attached hydrogen (secondary N) is 2. The third-order valence-corrected chi connectivity index (χ3v) is 6.17. The highest BCUT2D eigenvalue weighted by atomic mass is 16.1. The van der Waals surface area contributed by atoms with Crippen LogP contribution in [0.2, 0.25) is 0 Å². The Hall–Kier alpha value is -2.42. The van der Waals surface area contributed by atoms with Crippen molar-refractivity contribution in [2.75, 3.05) is 0 Å². The number of hydrogen-bond acceptors (Lipinski definition) is 2. The van der Waals surface area contributed by atoms with Gasteiger partial charge in [0.1, 0.15) is 0 Å². The van der Waals surface area contributed by atoms with Crippen molar-refractivity contribution in [2.24, 2.45) is 0 Å². The van der Waals surface area contributed by atoms with Gasteiger partial charge in [-0.2, -0.15) is 0 Å². The van der Waals surface area contributed by atoms with Crippen molar-refractivity contribution in [1.82, 2.24) is 5.32 Å². The first-order chi connectivity index (χ1) is 14.7. The van der Waals surface area contributed by atoms with Crippen LogP contribution in [0.5, 0.6) is 0 Å². The van der Waals surface area contributed by atoms with E-state index in [-0.39, 0.29) is 5.91 Å². The highest BCUT2D eigenvalue weighted by molar-refractivity contribution is 5.82. The molecule has 3 heteroatoms. The minimum atomic E-state index is 0.0550. The second kappa shape index (κ2) is 12.3. The molecule has 1 amide bonds. The second-order valence-corrected chi connectivity index (χ2v) is 8.70. The van der Waals surface area contributed by atoms with Crippen molar-refractivity contribution in [3.8, 4) is 0 Å². The van der Waals surface area contributed by atoms with Crippen LogP contribution in [0, 0.1) is 5.41 Å². The van der Waals surface area contributed by atoms with Crippen LogP contribution in [-0.2, 0) is 17.8 Å². The van der Waals surface area contributed by atoms with Gasteiger partial charge in [-0.15, -0.1) is 0 Å². The molecule has 0 spiro atoms. The lowest BCUT2D eigenvalue weighted by atomic mass is 9.86. The zero-order chi connectivity index (χ0) is 21.0. The molecule has 1 saturated carbocycles. The van der Waals surface area contributed by atoms with E-state index in [9.17, 15) is 4.79 Å². The van der Waals surface area contributed by atoms with Gasteiger partial charge in [-0.05, 0) is 48.3 Å². The maximum Gasteiger partial charge on any atom is 0.224 e. The molecule has 0 aromatic heterocycles. The lowest BCUT2D eigenvalue weighted by Gasteiger charge is -2.19. The van der Waals surface area contributed by atoms with Gasteiger partial charge in [-0.1, -0.05) is 93.1 Å². The van der Waals surface area contributed by atoms with Crippen molar-refractivity contribution < 1.29 is 4.79 Å². The number of amides is 1. The minimum Gasteiger partial charge on any atom is -0.352 e. The van der Waals surface area contributed by atoms with E-state index >= 15 is 0 Å². The van der Waals surface area contributed by atoms with Gasteiger partial charge in [-0.3, -0.25) is 4.79 Å². The average molecular weight is 405 g/mol. The third kappa shape index (κ3) is 7.78. The minimum absolute atomic E-state index is 0.0550. The van der Waals surface area contributed by atoms with Crippen LogP contribution in [-0.4, -0.2) is 11.6 Å². The first-order valence-corrected chi connectivity index (χ1v) is 11.7. The van der Waals surface area contributed by atoms with Crippen molar-refractivity contribution >= 4 is 11.6 Å². The molecule has 0 aliphatic heterocycles. The number of benzene rings is 2. The SMILES string of the molecule is N=C1CCCCCCCCC[C@@H](c2ccc(CC(=O)NCc3ccccc3)cc2)C1. The van der Waals surface area contributed by atoms with E-state index in [1.807, 2.05) is 30.3 Å². The maximum absolute atomic E-state index is 12.3. The molecule has 30 heavy (non-hydrogen) atoms. The quantitative estimate of drug-likeness (QED) is 0.582. The Labute approximate surface area is 181 Å². The van der Waals surface area contributed by atoms with Gasteiger partial charge in [-0.25, -0.2) is 0 Å². The maximum atomic E-state index is 12.3. The van der Waals surface area contributed by atoms with E-state index in [1.165, 1.54) is 56.9 Å². The van der Waals surface area contributed by atoms with Crippen molar-refractivity contribution in [1.29, 1.82) is 5.41 Å². The first-order valence-electron chi connectivity index (χ1n) is 11.7. The monoisotopic (exact) mass is 404 g/mol. The highest BCUT2D eigenvalue weighted by Crippen LogP contribution is 2.28. The average Bonchev–Trinajstić information content (AvgIpc) is 2.76. The molecule has 0 bridgehead atoms. The summed E-state index contributed by atoms with van der Waals surface area (Å²) in [5.74, 6) is 0.497. The number of rotatable bonds is 5. The predicted octanol–water partition coefficient (Wildman–Crippen LogP) is 6.56. The van der Waals surface area contributed by atoms with Crippen molar-refractivity contribution in [3.63, 3.8) is 0 Å². The predicted molar refractivity (Wildman–Crippen MR) is 125 cm³/mol. The van der Waals surface area contributed by atoms with Crippen LogP contribution in [0.4, 0.5) is 0 Å². The summed E-state index contributed by atoms with van der Waals surface area (Å²) in [5.41, 5.74) is 4.40. The summed E-state index contributed by atoms with van der Waals surface area (Å²) in [7, 11) is 0. The van der Waals surface area contributed by atoms with E-state index in [2.05, 4.69) is 29.6 Å². The summed E-state index contributed by atoms with van der Waals surface area (Å²) in [6, 6.07) is 18.6. The standard InChI is InChI=1S/C27H36N2O/c28-26-14-10-5-3-1-2-4-9-13-25(20-26)24-17-15-22(16-18-24)19-27(30)29-21-23-11-7-6-8-12-23/h6-8,11-12,15-18,25,28H,1-5,9-10,13-14,19-21H2,(H,29,30)/t25-/m1/s1. The van der Waals surface area contributed by atoms with Crippen LogP contribution in [0.15, 0.2) is 54.6 Å². The summed E-state index contributed by atoms with van der Waals surface area (Å²) in [6.07, 6.45) is 12.4. The summed E-state index contributed by atoms with van der Waals surface area (Å²) in [4.78, 5) is 12.3. The molecule has 2 N–H and O–H groups in total. The van der Waals surface area contributed by atoms with Gasteiger partial charge in [0.15, 0.2) is 0 Å². The molecule has 3 nitrogen and oxygen atoms in total. The molecule has 0 unspecified atom stereocenters. The molecule has 3 rings (SSSR count). The van der Waals surface area contributed by atoms with E-state index in [0.717, 1.165) is 29.7 Å². The number of carbonyl (C=O) groups excluding carboxylic acids is 1. The highest BCUT2D eigenvalue weighted by Gasteiger charge is 2.15. The fraction of sp³-hybridized carbons (Fsp3) is 0.481. The van der Waals surface area contributed by atoms with Crippen molar-refractivity contribution in [2.45, 2.75) is 83.1 Å². The van der Waals surface area contributed by atoms with E-state index in [0.29, 0.717) is 18.9 Å². The van der Waals surface area contributed by atoms with Gasteiger partial charge in [0.25, 0.3) is 0 Å². The first kappa shape index (κ1) is 22.3. The van der Waals surface area contributed by atoms with E-state index < -0.39 is 0 Å². The fourth-order valence-corrected chi connectivity index (χ4v) is 4.35. The molecule has 1 atom stereocenters. The van der Waals surface area contributed by atoms with Gasteiger partial charge < -0.3 is 10.7 Å². The smallest absolute Gasteiger partial charge is 0.224 e. The van der Waals surface area contributed by atoms with Crippen LogP contribution in [0.3, 0.4) is 0 Å². The lowest BCUT2D eigenvalue weighted by molar-refractivity contribution is -0.120.